The van der Waals surface area contributed by atoms with Crippen LogP contribution in [0, 0.1) is 0 Å². The molecule has 0 atom stereocenters. The summed E-state index contributed by atoms with van der Waals surface area (Å²) in [7, 11) is 0. The summed E-state index contributed by atoms with van der Waals surface area (Å²) >= 11 is 0. The molecule has 0 bridgehead atoms. The second-order valence-corrected chi connectivity index (χ2v) is 5.65. The van der Waals surface area contributed by atoms with E-state index in [2.05, 4.69) is 50.2 Å². The third kappa shape index (κ3) is 4.24. The highest BCUT2D eigenvalue weighted by Crippen LogP contribution is 2.27. The van der Waals surface area contributed by atoms with E-state index in [0.29, 0.717) is 12.6 Å². The molecule has 0 N–H and O–H groups in total. The molecule has 2 aromatic rings. The molecule has 1 aromatic carbocycles. The van der Waals surface area contributed by atoms with Gasteiger partial charge in [0.05, 0.1) is 6.61 Å². The first-order valence-corrected chi connectivity index (χ1v) is 7.94. The summed E-state index contributed by atoms with van der Waals surface area (Å²) in [4.78, 5) is 14.2. The first kappa shape index (κ1) is 14.9. The van der Waals surface area contributed by atoms with E-state index in [1.165, 1.54) is 44.1 Å². The molecule has 0 unspecified atom stereocenters. The van der Waals surface area contributed by atoms with Gasteiger partial charge in [-0.15, -0.1) is 0 Å². The smallest absolute Gasteiger partial charge is 0.319 e. The lowest BCUT2D eigenvalue weighted by Crippen LogP contribution is -2.34. The molecule has 0 saturated carbocycles. The Bertz CT molecular complexity index is 541. The van der Waals surface area contributed by atoms with E-state index in [-0.39, 0.29) is 0 Å². The lowest BCUT2D eigenvalue weighted by Gasteiger charge is -2.32. The topological polar surface area (TPSA) is 51.1 Å². The molecule has 5 nitrogen and oxygen atoms in total. The third-order valence-corrected chi connectivity index (χ3v) is 4.18. The van der Waals surface area contributed by atoms with Gasteiger partial charge < -0.3 is 9.64 Å². The van der Waals surface area contributed by atoms with Gasteiger partial charge in [-0.1, -0.05) is 30.3 Å². The zero-order chi connectivity index (χ0) is 15.0. The molecular weight excluding hydrogens is 276 g/mol. The molecular formula is C17H22N4O. The fraction of sp³-hybridized carbons (Fsp3) is 0.471. The Morgan fingerprint density at radius 1 is 1.05 bits per heavy atom. The van der Waals surface area contributed by atoms with Crippen molar-refractivity contribution in [2.75, 3.05) is 26.2 Å². The zero-order valence-electron chi connectivity index (χ0n) is 12.8. The molecule has 1 fully saturated rings. The van der Waals surface area contributed by atoms with Crippen LogP contribution < -0.4 is 4.74 Å². The number of nitrogens with zero attached hydrogens (tertiary/aromatic N) is 4. The Morgan fingerprint density at radius 3 is 2.50 bits per heavy atom. The van der Waals surface area contributed by atoms with Crippen LogP contribution in [0.3, 0.4) is 0 Å². The van der Waals surface area contributed by atoms with Crippen LogP contribution >= 0.6 is 0 Å². The Balaban J connectivity index is 1.34. The average Bonchev–Trinajstić information content (AvgIpc) is 2.61. The summed E-state index contributed by atoms with van der Waals surface area (Å²) in [5.74, 6) is 0.721. The Labute approximate surface area is 131 Å². The monoisotopic (exact) mass is 298 g/mol. The summed E-state index contributed by atoms with van der Waals surface area (Å²) in [5.41, 5.74) is 1.49. The van der Waals surface area contributed by atoms with E-state index in [1.807, 2.05) is 0 Å². The van der Waals surface area contributed by atoms with Crippen molar-refractivity contribution in [2.45, 2.75) is 25.2 Å². The third-order valence-electron chi connectivity index (χ3n) is 4.18. The van der Waals surface area contributed by atoms with Gasteiger partial charge in [0.25, 0.3) is 0 Å². The van der Waals surface area contributed by atoms with E-state index in [0.717, 1.165) is 18.9 Å². The highest BCUT2D eigenvalue weighted by molar-refractivity contribution is 5.19. The largest absolute Gasteiger partial charge is 0.463 e. The maximum Gasteiger partial charge on any atom is 0.319 e. The SMILES string of the molecule is c1ccc(C2CCN(CCCOc3ncncn3)CC2)cc1. The van der Waals surface area contributed by atoms with Gasteiger partial charge in [-0.3, -0.25) is 0 Å². The summed E-state index contributed by atoms with van der Waals surface area (Å²) < 4.78 is 5.50. The van der Waals surface area contributed by atoms with E-state index < -0.39 is 0 Å². The van der Waals surface area contributed by atoms with Gasteiger partial charge >= 0.3 is 6.01 Å². The lowest BCUT2D eigenvalue weighted by molar-refractivity contribution is 0.189. The van der Waals surface area contributed by atoms with E-state index in [9.17, 15) is 0 Å². The predicted octanol–water partition coefficient (Wildman–Crippen LogP) is 2.52. The summed E-state index contributed by atoms with van der Waals surface area (Å²) in [6.45, 7) is 4.08. The molecule has 22 heavy (non-hydrogen) atoms. The molecule has 0 amide bonds. The van der Waals surface area contributed by atoms with E-state index in [1.54, 1.807) is 0 Å². The highest BCUT2D eigenvalue weighted by atomic mass is 16.5. The van der Waals surface area contributed by atoms with Gasteiger partial charge in [0, 0.05) is 6.54 Å². The number of likely N-dealkylation sites (tertiary alicyclic amines) is 1. The average molecular weight is 298 g/mol. The molecule has 0 spiro atoms. The zero-order valence-corrected chi connectivity index (χ0v) is 12.8. The summed E-state index contributed by atoms with van der Waals surface area (Å²) in [6, 6.07) is 11.3. The fourth-order valence-electron chi connectivity index (χ4n) is 2.97. The standard InChI is InChI=1S/C17H22N4O/c1-2-5-15(6-3-1)16-7-10-21(11-8-16)9-4-12-22-17-19-13-18-14-20-17/h1-3,5-6,13-14,16H,4,7-12H2. The number of ether oxygens (including phenoxy) is 1. The molecule has 1 aliphatic heterocycles. The second kappa shape index (κ2) is 7.84. The minimum absolute atomic E-state index is 0.415. The molecule has 1 aromatic heterocycles. The van der Waals surface area contributed by atoms with Crippen molar-refractivity contribution < 1.29 is 4.74 Å². The van der Waals surface area contributed by atoms with Crippen molar-refractivity contribution in [3.63, 3.8) is 0 Å². The van der Waals surface area contributed by atoms with Crippen LogP contribution in [0.2, 0.25) is 0 Å². The van der Waals surface area contributed by atoms with Gasteiger partial charge in [0.2, 0.25) is 0 Å². The normalized spacial score (nSPS) is 16.5. The molecule has 0 radical (unpaired) electrons. The second-order valence-electron chi connectivity index (χ2n) is 5.65. The van der Waals surface area contributed by atoms with Crippen LogP contribution in [-0.2, 0) is 0 Å². The van der Waals surface area contributed by atoms with Gasteiger partial charge in [-0.25, -0.2) is 4.98 Å². The maximum absolute atomic E-state index is 5.50. The van der Waals surface area contributed by atoms with Gasteiger partial charge in [-0.05, 0) is 43.8 Å². The van der Waals surface area contributed by atoms with Crippen molar-refractivity contribution in [3.8, 4) is 6.01 Å². The Morgan fingerprint density at radius 2 is 1.77 bits per heavy atom. The molecule has 1 saturated heterocycles. The molecule has 5 heteroatoms. The van der Waals surface area contributed by atoms with Crippen molar-refractivity contribution in [2.24, 2.45) is 0 Å². The van der Waals surface area contributed by atoms with Crippen molar-refractivity contribution in [1.29, 1.82) is 0 Å². The van der Waals surface area contributed by atoms with Crippen molar-refractivity contribution in [1.82, 2.24) is 19.9 Å². The van der Waals surface area contributed by atoms with Crippen molar-refractivity contribution >= 4 is 0 Å². The predicted molar refractivity (Wildman–Crippen MR) is 84.8 cm³/mol. The quantitative estimate of drug-likeness (QED) is 0.767. The van der Waals surface area contributed by atoms with Crippen LogP contribution in [0.1, 0.15) is 30.7 Å². The number of hydrogen-bond donors (Lipinski definition) is 0. The number of hydrogen-bond acceptors (Lipinski definition) is 5. The molecule has 3 rings (SSSR count). The first-order chi connectivity index (χ1) is 10.9. The Kier molecular flexibility index (Phi) is 5.32. The van der Waals surface area contributed by atoms with Crippen LogP contribution in [0.15, 0.2) is 43.0 Å². The Hall–Kier alpha value is -2.01. The number of piperidine rings is 1. The molecule has 0 aliphatic carbocycles. The van der Waals surface area contributed by atoms with Crippen LogP contribution in [-0.4, -0.2) is 46.1 Å². The lowest BCUT2D eigenvalue weighted by atomic mass is 9.89. The fourth-order valence-corrected chi connectivity index (χ4v) is 2.97. The molecule has 1 aliphatic rings. The van der Waals surface area contributed by atoms with Crippen LogP contribution in [0.5, 0.6) is 6.01 Å². The first-order valence-electron chi connectivity index (χ1n) is 7.94. The van der Waals surface area contributed by atoms with E-state index >= 15 is 0 Å². The number of aromatic nitrogens is 3. The summed E-state index contributed by atoms with van der Waals surface area (Å²) in [5, 5.41) is 0. The van der Waals surface area contributed by atoms with Gasteiger partial charge in [0.15, 0.2) is 0 Å². The summed E-state index contributed by atoms with van der Waals surface area (Å²) in [6.07, 6.45) is 6.41. The molecule has 116 valence electrons. The minimum atomic E-state index is 0.415. The van der Waals surface area contributed by atoms with Gasteiger partial charge in [-0.2, -0.15) is 9.97 Å². The number of benzene rings is 1. The number of rotatable bonds is 6. The van der Waals surface area contributed by atoms with Crippen LogP contribution in [0.25, 0.3) is 0 Å². The molecule has 2 heterocycles. The minimum Gasteiger partial charge on any atom is -0.463 e. The van der Waals surface area contributed by atoms with Crippen LogP contribution in [0.4, 0.5) is 0 Å². The maximum atomic E-state index is 5.50. The highest BCUT2D eigenvalue weighted by Gasteiger charge is 2.19. The van der Waals surface area contributed by atoms with E-state index in [4.69, 9.17) is 4.74 Å². The van der Waals surface area contributed by atoms with Gasteiger partial charge in [0.1, 0.15) is 12.7 Å². The van der Waals surface area contributed by atoms with Crippen molar-refractivity contribution in [3.05, 3.63) is 48.5 Å².